The fourth-order valence-electron chi connectivity index (χ4n) is 2.37. The third kappa shape index (κ3) is 7.97. The van der Waals surface area contributed by atoms with E-state index in [2.05, 4.69) is 15.3 Å². The molecule has 0 saturated carbocycles. The Bertz CT molecular complexity index is 965. The number of benzene rings is 1. The summed E-state index contributed by atoms with van der Waals surface area (Å²) in [6.07, 6.45) is 0. The first-order valence-electron chi connectivity index (χ1n) is 9.70. The van der Waals surface area contributed by atoms with Gasteiger partial charge >= 0.3 is 12.0 Å². The van der Waals surface area contributed by atoms with E-state index < -0.39 is 29.3 Å². The predicted molar refractivity (Wildman–Crippen MR) is 125 cm³/mol. The summed E-state index contributed by atoms with van der Waals surface area (Å²) in [5, 5.41) is 2.52. The number of carbonyl (C=O) groups excluding carboxylic acids is 2. The lowest BCUT2D eigenvalue weighted by molar-refractivity contribution is -0.142. The van der Waals surface area contributed by atoms with Gasteiger partial charge in [0.25, 0.3) is 5.91 Å². The van der Waals surface area contributed by atoms with Gasteiger partial charge in [0.05, 0.1) is 27.4 Å². The third-order valence-electron chi connectivity index (χ3n) is 3.82. The van der Waals surface area contributed by atoms with Gasteiger partial charge in [0, 0.05) is 10.5 Å². The number of ether oxygens (including phenoxy) is 4. The Morgan fingerprint density at radius 2 is 1.76 bits per heavy atom. The van der Waals surface area contributed by atoms with Crippen LogP contribution in [0.1, 0.15) is 31.1 Å². The Morgan fingerprint density at radius 3 is 2.30 bits per heavy atom. The molecule has 1 unspecified atom stereocenters. The molecular formula is C21H26FN3O6S2. The lowest BCUT2D eigenvalue weighted by atomic mass is 10.1. The molecular weight excluding hydrogens is 473 g/mol. The normalized spacial score (nSPS) is 12.0. The summed E-state index contributed by atoms with van der Waals surface area (Å²) in [5.41, 5.74) is -0.412. The second-order valence-corrected chi connectivity index (χ2v) is 10.6. The zero-order valence-electron chi connectivity index (χ0n) is 19.1. The molecule has 9 nitrogen and oxygen atoms in total. The van der Waals surface area contributed by atoms with E-state index in [-0.39, 0.29) is 34.0 Å². The SMILES string of the molecule is COC(=O)C(CSSC(C)(C)C)NC(=O)c1c(F)cccc1Oc1nc(OC)cc(OC)n1. The maximum absolute atomic E-state index is 14.7. The van der Waals surface area contributed by atoms with Crippen LogP contribution in [0.15, 0.2) is 24.3 Å². The summed E-state index contributed by atoms with van der Waals surface area (Å²) in [5.74, 6) is -1.97. The molecule has 2 aromatic rings. The quantitative estimate of drug-likeness (QED) is 0.382. The van der Waals surface area contributed by atoms with Gasteiger partial charge in [-0.05, 0) is 12.1 Å². The lowest BCUT2D eigenvalue weighted by Gasteiger charge is -2.20. The molecule has 180 valence electrons. The number of methoxy groups -OCH3 is 3. The third-order valence-corrected chi connectivity index (χ3v) is 7.16. The van der Waals surface area contributed by atoms with E-state index in [9.17, 15) is 14.0 Å². The van der Waals surface area contributed by atoms with E-state index in [0.29, 0.717) is 0 Å². The van der Waals surface area contributed by atoms with Crippen LogP contribution in [0, 0.1) is 5.82 Å². The smallest absolute Gasteiger partial charge is 0.329 e. The minimum Gasteiger partial charge on any atom is -0.481 e. The molecule has 0 aliphatic carbocycles. The van der Waals surface area contributed by atoms with Crippen molar-refractivity contribution in [2.24, 2.45) is 0 Å². The van der Waals surface area contributed by atoms with E-state index in [0.717, 1.165) is 6.07 Å². The van der Waals surface area contributed by atoms with Crippen LogP contribution < -0.4 is 19.5 Å². The molecule has 0 bridgehead atoms. The highest BCUT2D eigenvalue weighted by molar-refractivity contribution is 8.77. The number of nitrogens with zero attached hydrogens (tertiary/aromatic N) is 2. The maximum Gasteiger partial charge on any atom is 0.329 e. The molecule has 1 aromatic carbocycles. The average Bonchev–Trinajstić information content (AvgIpc) is 2.76. The fourth-order valence-corrected chi connectivity index (χ4v) is 4.82. The number of aromatic nitrogens is 2. The zero-order chi connectivity index (χ0) is 24.6. The summed E-state index contributed by atoms with van der Waals surface area (Å²) in [7, 11) is 6.96. The van der Waals surface area contributed by atoms with Crippen molar-refractivity contribution in [2.45, 2.75) is 31.6 Å². The fraction of sp³-hybridized carbons (Fsp3) is 0.429. The lowest BCUT2D eigenvalue weighted by Crippen LogP contribution is -2.43. The summed E-state index contributed by atoms with van der Waals surface area (Å²) in [6, 6.07) is 4.07. The number of nitrogens with one attached hydrogen (secondary N) is 1. The van der Waals surface area contributed by atoms with Crippen LogP contribution in [0.25, 0.3) is 0 Å². The number of halogens is 1. The van der Waals surface area contributed by atoms with Crippen LogP contribution >= 0.6 is 21.6 Å². The van der Waals surface area contributed by atoms with Crippen LogP contribution in [0.5, 0.6) is 23.5 Å². The topological polar surface area (TPSA) is 109 Å². The molecule has 2 rings (SSSR count). The number of rotatable bonds is 10. The minimum atomic E-state index is -0.997. The molecule has 1 amide bonds. The van der Waals surface area contributed by atoms with Crippen LogP contribution in [0.2, 0.25) is 0 Å². The summed E-state index contributed by atoms with van der Waals surface area (Å²) in [4.78, 5) is 33.2. The van der Waals surface area contributed by atoms with E-state index in [1.807, 2.05) is 20.8 Å². The van der Waals surface area contributed by atoms with Crippen molar-refractivity contribution < 1.29 is 32.9 Å². The van der Waals surface area contributed by atoms with Gasteiger partial charge in [0.15, 0.2) is 0 Å². The van der Waals surface area contributed by atoms with Gasteiger partial charge in [0.2, 0.25) is 11.8 Å². The molecule has 1 aromatic heterocycles. The van der Waals surface area contributed by atoms with E-state index in [4.69, 9.17) is 18.9 Å². The summed E-state index contributed by atoms with van der Waals surface area (Å²) >= 11 is 0. The Balaban J connectivity index is 2.28. The van der Waals surface area contributed by atoms with E-state index >= 15 is 0 Å². The zero-order valence-corrected chi connectivity index (χ0v) is 20.8. The molecule has 0 aliphatic rings. The number of hydrogen-bond acceptors (Lipinski definition) is 10. The van der Waals surface area contributed by atoms with Crippen molar-refractivity contribution in [3.63, 3.8) is 0 Å². The maximum atomic E-state index is 14.7. The average molecular weight is 500 g/mol. The van der Waals surface area contributed by atoms with Crippen molar-refractivity contribution in [1.82, 2.24) is 15.3 Å². The summed E-state index contributed by atoms with van der Waals surface area (Å²) in [6.45, 7) is 6.07. The van der Waals surface area contributed by atoms with Gasteiger partial charge in [0.1, 0.15) is 23.2 Å². The molecule has 1 heterocycles. The molecule has 12 heteroatoms. The van der Waals surface area contributed by atoms with Crippen LogP contribution in [-0.4, -0.2) is 59.7 Å². The van der Waals surface area contributed by atoms with Crippen LogP contribution in [-0.2, 0) is 9.53 Å². The molecule has 0 fully saturated rings. The van der Waals surface area contributed by atoms with Gasteiger partial charge in [-0.25, -0.2) is 9.18 Å². The first-order valence-corrected chi connectivity index (χ1v) is 12.0. The number of carbonyl (C=O) groups is 2. The number of amides is 1. The molecule has 0 saturated heterocycles. The molecule has 0 spiro atoms. The second kappa shape index (κ2) is 11.9. The highest BCUT2D eigenvalue weighted by Gasteiger charge is 2.27. The van der Waals surface area contributed by atoms with Gasteiger partial charge in [-0.3, -0.25) is 4.79 Å². The van der Waals surface area contributed by atoms with Gasteiger partial charge < -0.3 is 24.3 Å². The largest absolute Gasteiger partial charge is 0.481 e. The van der Waals surface area contributed by atoms with Crippen molar-refractivity contribution in [3.8, 4) is 23.5 Å². The first-order chi connectivity index (χ1) is 15.6. The second-order valence-electron chi connectivity index (χ2n) is 7.48. The van der Waals surface area contributed by atoms with Crippen molar-refractivity contribution in [3.05, 3.63) is 35.6 Å². The van der Waals surface area contributed by atoms with Crippen LogP contribution in [0.4, 0.5) is 4.39 Å². The van der Waals surface area contributed by atoms with E-state index in [1.165, 1.54) is 50.3 Å². The molecule has 33 heavy (non-hydrogen) atoms. The number of hydrogen-bond donors (Lipinski definition) is 1. The number of esters is 1. The van der Waals surface area contributed by atoms with Crippen molar-refractivity contribution >= 4 is 33.5 Å². The summed E-state index contributed by atoms with van der Waals surface area (Å²) < 4.78 is 35.1. The Kier molecular flexibility index (Phi) is 9.59. The van der Waals surface area contributed by atoms with Crippen LogP contribution in [0.3, 0.4) is 0 Å². The monoisotopic (exact) mass is 499 g/mol. The van der Waals surface area contributed by atoms with E-state index in [1.54, 1.807) is 10.8 Å². The van der Waals surface area contributed by atoms with Gasteiger partial charge in [-0.1, -0.05) is 48.4 Å². The molecule has 1 N–H and O–H groups in total. The molecule has 0 aliphatic heterocycles. The Labute approximate surface area is 199 Å². The predicted octanol–water partition coefficient (Wildman–Crippen LogP) is 3.88. The minimum absolute atomic E-state index is 0.0559. The first kappa shape index (κ1) is 26.5. The Morgan fingerprint density at radius 1 is 1.12 bits per heavy atom. The van der Waals surface area contributed by atoms with Gasteiger partial charge in [-0.2, -0.15) is 9.97 Å². The van der Waals surface area contributed by atoms with Crippen molar-refractivity contribution in [2.75, 3.05) is 27.1 Å². The molecule has 1 atom stereocenters. The standard InChI is InChI=1S/C21H26FN3O6S2/c1-21(2,3)33-32-11-13(19(27)30-6)23-18(26)17-12(22)8-7-9-14(17)31-20-24-15(28-4)10-16(25-20)29-5/h7-10,13H,11H2,1-6H3,(H,23,26). The molecule has 0 radical (unpaired) electrons. The Hall–Kier alpha value is -2.73. The highest BCUT2D eigenvalue weighted by Crippen LogP contribution is 2.35. The van der Waals surface area contributed by atoms with Crippen molar-refractivity contribution in [1.29, 1.82) is 0 Å². The van der Waals surface area contributed by atoms with Gasteiger partial charge in [-0.15, -0.1) is 0 Å². The highest BCUT2D eigenvalue weighted by atomic mass is 33.1.